The maximum absolute atomic E-state index is 6.40. The lowest BCUT2D eigenvalue weighted by atomic mass is 9.74. The molecule has 1 spiro atoms. The zero-order chi connectivity index (χ0) is 19.3. The fraction of sp³-hybridized carbons (Fsp3) is 0.450. The molecular formula is C20H22Cl2N6. The third-order valence-electron chi connectivity index (χ3n) is 6.45. The normalized spacial score (nSPS) is 21.7. The fourth-order valence-corrected chi connectivity index (χ4v) is 5.33. The third-order valence-corrected chi connectivity index (χ3v) is 6.89. The molecule has 0 amide bonds. The van der Waals surface area contributed by atoms with Crippen LogP contribution in [0.2, 0.25) is 10.0 Å². The van der Waals surface area contributed by atoms with Gasteiger partial charge in [0.15, 0.2) is 5.65 Å². The summed E-state index contributed by atoms with van der Waals surface area (Å²) in [5, 5.41) is 8.53. The number of rotatable bonds is 2. The van der Waals surface area contributed by atoms with Gasteiger partial charge in [-0.15, -0.1) is 0 Å². The SMILES string of the molecule is N[C@@H]1CCCC12CCN(c1cnc3c(-c4cc(Cl)cc(Cl)c4)n[nH]c3n1)CC2. The van der Waals surface area contributed by atoms with Gasteiger partial charge in [-0.05, 0) is 49.3 Å². The first kappa shape index (κ1) is 18.2. The number of nitrogens with two attached hydrogens (primary N) is 1. The predicted octanol–water partition coefficient (Wildman–Crippen LogP) is 4.42. The van der Waals surface area contributed by atoms with Gasteiger partial charge in [0, 0.05) is 34.7 Å². The van der Waals surface area contributed by atoms with Gasteiger partial charge in [-0.2, -0.15) is 5.10 Å². The Morgan fingerprint density at radius 3 is 2.54 bits per heavy atom. The van der Waals surface area contributed by atoms with E-state index >= 15 is 0 Å². The summed E-state index contributed by atoms with van der Waals surface area (Å²) in [6.45, 7) is 1.94. The molecule has 3 heterocycles. The van der Waals surface area contributed by atoms with Gasteiger partial charge in [-0.3, -0.25) is 5.10 Å². The van der Waals surface area contributed by atoms with Crippen LogP contribution in [0, 0.1) is 5.41 Å². The van der Waals surface area contributed by atoms with Crippen LogP contribution in [0.1, 0.15) is 32.1 Å². The quantitative estimate of drug-likeness (QED) is 0.645. The molecule has 1 saturated carbocycles. The lowest BCUT2D eigenvalue weighted by Gasteiger charge is -2.42. The molecule has 1 aliphatic heterocycles. The minimum atomic E-state index is 0.334. The summed E-state index contributed by atoms with van der Waals surface area (Å²) in [6, 6.07) is 5.70. The molecule has 1 aromatic carbocycles. The Kier molecular flexibility index (Phi) is 4.45. The van der Waals surface area contributed by atoms with E-state index in [0.29, 0.717) is 38.4 Å². The minimum absolute atomic E-state index is 0.334. The second-order valence-corrected chi connectivity index (χ2v) is 8.88. The first-order valence-electron chi connectivity index (χ1n) is 9.72. The molecule has 28 heavy (non-hydrogen) atoms. The van der Waals surface area contributed by atoms with E-state index in [9.17, 15) is 0 Å². The van der Waals surface area contributed by atoms with E-state index in [1.54, 1.807) is 6.07 Å². The lowest BCUT2D eigenvalue weighted by molar-refractivity contribution is 0.197. The highest BCUT2D eigenvalue weighted by Gasteiger charge is 2.43. The van der Waals surface area contributed by atoms with Crippen molar-refractivity contribution in [2.45, 2.75) is 38.1 Å². The number of nitrogens with zero attached hydrogens (tertiary/aromatic N) is 4. The van der Waals surface area contributed by atoms with Crippen LogP contribution < -0.4 is 10.6 Å². The van der Waals surface area contributed by atoms with Crippen LogP contribution in [0.25, 0.3) is 22.4 Å². The number of aromatic amines is 1. The highest BCUT2D eigenvalue weighted by atomic mass is 35.5. The van der Waals surface area contributed by atoms with E-state index < -0.39 is 0 Å². The number of anilines is 1. The lowest BCUT2D eigenvalue weighted by Crippen LogP contribution is -2.47. The number of piperidine rings is 1. The van der Waals surface area contributed by atoms with Crippen LogP contribution in [0.3, 0.4) is 0 Å². The van der Waals surface area contributed by atoms with E-state index in [-0.39, 0.29) is 0 Å². The van der Waals surface area contributed by atoms with Gasteiger partial charge < -0.3 is 10.6 Å². The number of aromatic nitrogens is 4. The first-order valence-corrected chi connectivity index (χ1v) is 10.5. The van der Waals surface area contributed by atoms with Gasteiger partial charge in [0.1, 0.15) is 17.0 Å². The van der Waals surface area contributed by atoms with Crippen molar-refractivity contribution in [3.63, 3.8) is 0 Å². The van der Waals surface area contributed by atoms with Crippen molar-refractivity contribution in [3.05, 3.63) is 34.4 Å². The van der Waals surface area contributed by atoms with E-state index in [0.717, 1.165) is 43.7 Å². The molecule has 1 aliphatic carbocycles. The Labute approximate surface area is 173 Å². The number of fused-ring (bicyclic) bond motifs is 1. The van der Waals surface area contributed by atoms with Crippen molar-refractivity contribution in [3.8, 4) is 11.3 Å². The molecule has 6 nitrogen and oxygen atoms in total. The van der Waals surface area contributed by atoms with Crippen molar-refractivity contribution >= 4 is 40.2 Å². The van der Waals surface area contributed by atoms with Gasteiger partial charge in [-0.25, -0.2) is 9.97 Å². The molecule has 2 aromatic heterocycles. The number of hydrogen-bond acceptors (Lipinski definition) is 5. The molecule has 1 saturated heterocycles. The molecule has 0 bridgehead atoms. The molecule has 8 heteroatoms. The van der Waals surface area contributed by atoms with Gasteiger partial charge in [0.2, 0.25) is 0 Å². The van der Waals surface area contributed by atoms with Crippen molar-refractivity contribution in [1.29, 1.82) is 0 Å². The first-order chi connectivity index (χ1) is 13.5. The molecule has 3 aromatic rings. The highest BCUT2D eigenvalue weighted by Crippen LogP contribution is 2.45. The summed E-state index contributed by atoms with van der Waals surface area (Å²) < 4.78 is 0. The number of hydrogen-bond donors (Lipinski definition) is 2. The molecule has 146 valence electrons. The monoisotopic (exact) mass is 416 g/mol. The zero-order valence-electron chi connectivity index (χ0n) is 15.5. The average Bonchev–Trinajstić information content (AvgIpc) is 3.25. The van der Waals surface area contributed by atoms with Gasteiger partial charge in [-0.1, -0.05) is 29.6 Å². The van der Waals surface area contributed by atoms with Crippen molar-refractivity contribution in [1.82, 2.24) is 20.2 Å². The smallest absolute Gasteiger partial charge is 0.177 e. The van der Waals surface area contributed by atoms with E-state index in [1.807, 2.05) is 18.3 Å². The van der Waals surface area contributed by atoms with Crippen LogP contribution in [0.15, 0.2) is 24.4 Å². The van der Waals surface area contributed by atoms with Gasteiger partial charge >= 0.3 is 0 Å². The van der Waals surface area contributed by atoms with Crippen LogP contribution in [-0.2, 0) is 0 Å². The van der Waals surface area contributed by atoms with E-state index in [4.69, 9.17) is 33.9 Å². The molecule has 1 atom stereocenters. The molecule has 0 unspecified atom stereocenters. The Morgan fingerprint density at radius 2 is 1.86 bits per heavy atom. The number of halogens is 2. The summed E-state index contributed by atoms with van der Waals surface area (Å²) in [5.74, 6) is 0.883. The number of H-pyrrole nitrogens is 1. The Morgan fingerprint density at radius 1 is 1.11 bits per heavy atom. The number of nitrogens with one attached hydrogen (secondary N) is 1. The minimum Gasteiger partial charge on any atom is -0.355 e. The Hall–Kier alpha value is -1.89. The van der Waals surface area contributed by atoms with Crippen LogP contribution in [-0.4, -0.2) is 39.3 Å². The van der Waals surface area contributed by atoms with E-state index in [1.165, 1.54) is 12.8 Å². The summed E-state index contributed by atoms with van der Waals surface area (Å²) in [5.41, 5.74) is 9.64. The van der Waals surface area contributed by atoms with Crippen molar-refractivity contribution < 1.29 is 0 Å². The van der Waals surface area contributed by atoms with Crippen molar-refractivity contribution in [2.75, 3.05) is 18.0 Å². The van der Waals surface area contributed by atoms with Gasteiger partial charge in [0.05, 0.1) is 6.20 Å². The Bertz CT molecular complexity index is 1000. The van der Waals surface area contributed by atoms with E-state index in [2.05, 4.69) is 20.1 Å². The molecule has 3 N–H and O–H groups in total. The van der Waals surface area contributed by atoms with Crippen molar-refractivity contribution in [2.24, 2.45) is 11.1 Å². The van der Waals surface area contributed by atoms with Crippen LogP contribution >= 0.6 is 23.2 Å². The molecule has 0 radical (unpaired) electrons. The summed E-state index contributed by atoms with van der Waals surface area (Å²) in [7, 11) is 0. The summed E-state index contributed by atoms with van der Waals surface area (Å²) in [4.78, 5) is 11.7. The average molecular weight is 417 g/mol. The molecular weight excluding hydrogens is 395 g/mol. The van der Waals surface area contributed by atoms with Gasteiger partial charge in [0.25, 0.3) is 0 Å². The van der Waals surface area contributed by atoms with Crippen LogP contribution in [0.4, 0.5) is 5.82 Å². The fourth-order valence-electron chi connectivity index (χ4n) is 4.80. The molecule has 2 aliphatic rings. The third kappa shape index (κ3) is 3.04. The topological polar surface area (TPSA) is 83.7 Å². The highest BCUT2D eigenvalue weighted by molar-refractivity contribution is 6.35. The predicted molar refractivity (Wildman–Crippen MR) is 113 cm³/mol. The molecule has 2 fully saturated rings. The standard InChI is InChI=1S/C20H22Cl2N6/c21-13-8-12(9-14(22)10-13)17-18-19(27-26-17)25-16(11-24-18)28-6-4-20(5-7-28)3-1-2-15(20)23/h8-11,15H,1-7,23H2,(H,25,26,27)/t15-/m1/s1. The second-order valence-electron chi connectivity index (χ2n) is 8.00. The Balaban J connectivity index is 1.41. The maximum atomic E-state index is 6.40. The molecule has 5 rings (SSSR count). The summed E-state index contributed by atoms with van der Waals surface area (Å²) >= 11 is 12.3. The summed E-state index contributed by atoms with van der Waals surface area (Å²) in [6.07, 6.45) is 7.78. The zero-order valence-corrected chi connectivity index (χ0v) is 17.0. The number of benzene rings is 1. The largest absolute Gasteiger partial charge is 0.355 e. The van der Waals surface area contributed by atoms with Crippen LogP contribution in [0.5, 0.6) is 0 Å². The maximum Gasteiger partial charge on any atom is 0.177 e. The second kappa shape index (κ2) is 6.87.